The van der Waals surface area contributed by atoms with Crippen LogP contribution >= 0.6 is 0 Å². The second kappa shape index (κ2) is 4.22. The maximum absolute atomic E-state index is 12.9. The van der Waals surface area contributed by atoms with E-state index in [0.717, 1.165) is 39.4 Å². The number of aryl methyl sites for hydroxylation is 2. The predicted molar refractivity (Wildman–Crippen MR) is 87.9 cm³/mol. The molecular formula is C18H16N2O. The number of nitrogens with zero attached hydrogens (tertiary/aromatic N) is 2. The van der Waals surface area contributed by atoms with Crippen LogP contribution in [0.2, 0.25) is 0 Å². The van der Waals surface area contributed by atoms with Crippen molar-refractivity contribution in [1.29, 1.82) is 0 Å². The minimum Gasteiger partial charge on any atom is -0.339 e. The fourth-order valence-electron chi connectivity index (χ4n) is 3.38. The van der Waals surface area contributed by atoms with E-state index < -0.39 is 0 Å². The summed E-state index contributed by atoms with van der Waals surface area (Å²) in [4.78, 5) is 12.9. The molecule has 4 rings (SSSR count). The zero-order chi connectivity index (χ0) is 14.6. The van der Waals surface area contributed by atoms with E-state index in [4.69, 9.17) is 0 Å². The van der Waals surface area contributed by atoms with Crippen LogP contribution in [0.3, 0.4) is 0 Å². The normalized spacial score (nSPS) is 11.7. The first-order valence-corrected chi connectivity index (χ1v) is 7.22. The van der Waals surface area contributed by atoms with Crippen LogP contribution in [0.1, 0.15) is 6.92 Å². The number of hydrogen-bond acceptors (Lipinski definition) is 1. The molecule has 0 bridgehead atoms. The van der Waals surface area contributed by atoms with Crippen molar-refractivity contribution < 1.29 is 0 Å². The van der Waals surface area contributed by atoms with Crippen LogP contribution in [0, 0.1) is 0 Å². The Morgan fingerprint density at radius 2 is 1.48 bits per heavy atom. The Labute approximate surface area is 122 Å². The van der Waals surface area contributed by atoms with Gasteiger partial charge in [-0.25, -0.2) is 0 Å². The average Bonchev–Trinajstić information content (AvgIpc) is 2.82. The molecule has 21 heavy (non-hydrogen) atoms. The van der Waals surface area contributed by atoms with Crippen LogP contribution in [-0.4, -0.2) is 9.13 Å². The van der Waals surface area contributed by atoms with E-state index >= 15 is 0 Å². The molecule has 0 aliphatic carbocycles. The first kappa shape index (κ1) is 12.2. The summed E-state index contributed by atoms with van der Waals surface area (Å²) < 4.78 is 4.26. The molecule has 2 aromatic heterocycles. The lowest BCUT2D eigenvalue weighted by atomic mass is 10.1. The molecule has 3 nitrogen and oxygen atoms in total. The summed E-state index contributed by atoms with van der Waals surface area (Å²) in [5.41, 5.74) is 4.05. The molecule has 2 heterocycles. The van der Waals surface area contributed by atoms with Gasteiger partial charge in [0, 0.05) is 24.4 Å². The van der Waals surface area contributed by atoms with Gasteiger partial charge in [0.05, 0.1) is 16.6 Å². The number of benzene rings is 2. The fourth-order valence-corrected chi connectivity index (χ4v) is 3.38. The summed E-state index contributed by atoms with van der Waals surface area (Å²) in [6.07, 6.45) is 0. The number of fused-ring (bicyclic) bond motifs is 4. The maximum atomic E-state index is 12.9. The molecule has 0 amide bonds. The van der Waals surface area contributed by atoms with Gasteiger partial charge < -0.3 is 9.13 Å². The zero-order valence-corrected chi connectivity index (χ0v) is 12.1. The van der Waals surface area contributed by atoms with E-state index in [1.54, 1.807) is 0 Å². The zero-order valence-electron chi connectivity index (χ0n) is 12.1. The van der Waals surface area contributed by atoms with Crippen molar-refractivity contribution in [3.63, 3.8) is 0 Å². The lowest BCUT2D eigenvalue weighted by Gasteiger charge is -2.11. The van der Waals surface area contributed by atoms with Crippen LogP contribution in [0.25, 0.3) is 32.8 Å². The largest absolute Gasteiger partial charge is 0.339 e. The van der Waals surface area contributed by atoms with Gasteiger partial charge in [-0.15, -0.1) is 0 Å². The molecule has 0 aliphatic rings. The third-order valence-corrected chi connectivity index (χ3v) is 4.32. The highest BCUT2D eigenvalue weighted by Gasteiger charge is 2.16. The fraction of sp³-hybridized carbons (Fsp3) is 0.167. The van der Waals surface area contributed by atoms with Crippen molar-refractivity contribution in [2.75, 3.05) is 0 Å². The highest BCUT2D eigenvalue weighted by molar-refractivity contribution is 6.09. The smallest absolute Gasteiger partial charge is 0.213 e. The number of pyridine rings is 1. The highest BCUT2D eigenvalue weighted by atomic mass is 16.1. The second-order valence-electron chi connectivity index (χ2n) is 5.36. The van der Waals surface area contributed by atoms with Gasteiger partial charge in [-0.1, -0.05) is 30.3 Å². The Kier molecular flexibility index (Phi) is 2.45. The van der Waals surface area contributed by atoms with Crippen LogP contribution in [0.4, 0.5) is 0 Å². The van der Waals surface area contributed by atoms with Gasteiger partial charge in [0.15, 0.2) is 0 Å². The van der Waals surface area contributed by atoms with Gasteiger partial charge in [-0.2, -0.15) is 0 Å². The number of aromatic nitrogens is 2. The van der Waals surface area contributed by atoms with Crippen molar-refractivity contribution >= 4 is 32.8 Å². The van der Waals surface area contributed by atoms with Gasteiger partial charge in [0.1, 0.15) is 5.52 Å². The Bertz CT molecular complexity index is 1050. The van der Waals surface area contributed by atoms with Gasteiger partial charge >= 0.3 is 0 Å². The summed E-state index contributed by atoms with van der Waals surface area (Å²) >= 11 is 0. The van der Waals surface area contributed by atoms with Gasteiger partial charge in [0.2, 0.25) is 5.43 Å². The standard InChI is InChI=1S/C18H16N2O/c1-3-20-15-11-7-5-9-13(15)18(21)17-16(20)12-8-4-6-10-14(12)19(17)2/h4-11H,3H2,1-2H3. The summed E-state index contributed by atoms with van der Waals surface area (Å²) in [5, 5.41) is 1.93. The lowest BCUT2D eigenvalue weighted by molar-refractivity contribution is 0.822. The van der Waals surface area contributed by atoms with Crippen molar-refractivity contribution in [2.45, 2.75) is 13.5 Å². The molecule has 0 fully saturated rings. The molecule has 104 valence electrons. The first-order valence-electron chi connectivity index (χ1n) is 7.22. The Balaban J connectivity index is 2.46. The molecule has 0 unspecified atom stereocenters. The third kappa shape index (κ3) is 1.46. The lowest BCUT2D eigenvalue weighted by Crippen LogP contribution is -2.12. The maximum Gasteiger partial charge on any atom is 0.213 e. The average molecular weight is 276 g/mol. The van der Waals surface area contributed by atoms with E-state index in [1.807, 2.05) is 48.0 Å². The van der Waals surface area contributed by atoms with Crippen LogP contribution < -0.4 is 5.43 Å². The molecule has 0 radical (unpaired) electrons. The molecule has 0 atom stereocenters. The van der Waals surface area contributed by atoms with Crippen molar-refractivity contribution in [3.8, 4) is 0 Å². The quantitative estimate of drug-likeness (QED) is 0.521. The molecule has 0 spiro atoms. The van der Waals surface area contributed by atoms with Gasteiger partial charge in [-0.3, -0.25) is 4.79 Å². The number of rotatable bonds is 1. The first-order chi connectivity index (χ1) is 10.2. The minimum atomic E-state index is 0.115. The van der Waals surface area contributed by atoms with E-state index in [0.29, 0.717) is 0 Å². The summed E-state index contributed by atoms with van der Waals surface area (Å²) in [6, 6.07) is 16.1. The number of hydrogen-bond donors (Lipinski definition) is 0. The highest BCUT2D eigenvalue weighted by Crippen LogP contribution is 2.28. The van der Waals surface area contributed by atoms with Crippen molar-refractivity contribution in [3.05, 3.63) is 58.8 Å². The molecule has 0 aliphatic heterocycles. The SMILES string of the molecule is CCn1c2ccccc2c(=O)c2c1c1ccccc1n2C. The Morgan fingerprint density at radius 3 is 2.19 bits per heavy atom. The van der Waals surface area contributed by atoms with Crippen LogP contribution in [-0.2, 0) is 13.6 Å². The molecule has 0 saturated carbocycles. The van der Waals surface area contributed by atoms with Crippen LogP contribution in [0.5, 0.6) is 0 Å². The number of para-hydroxylation sites is 2. The van der Waals surface area contributed by atoms with E-state index in [-0.39, 0.29) is 5.43 Å². The molecule has 4 aromatic rings. The van der Waals surface area contributed by atoms with E-state index in [2.05, 4.69) is 23.6 Å². The van der Waals surface area contributed by atoms with Gasteiger partial charge in [0.25, 0.3) is 0 Å². The van der Waals surface area contributed by atoms with E-state index in [1.165, 1.54) is 0 Å². The summed E-state index contributed by atoms with van der Waals surface area (Å²) in [6.45, 7) is 2.96. The summed E-state index contributed by atoms with van der Waals surface area (Å²) in [5.74, 6) is 0. The van der Waals surface area contributed by atoms with Crippen molar-refractivity contribution in [2.24, 2.45) is 7.05 Å². The molecule has 0 N–H and O–H groups in total. The predicted octanol–water partition coefficient (Wildman–Crippen LogP) is 3.67. The summed E-state index contributed by atoms with van der Waals surface area (Å²) in [7, 11) is 1.97. The Morgan fingerprint density at radius 1 is 0.857 bits per heavy atom. The topological polar surface area (TPSA) is 26.9 Å². The third-order valence-electron chi connectivity index (χ3n) is 4.32. The Hall–Kier alpha value is -2.55. The molecule has 2 aromatic carbocycles. The van der Waals surface area contributed by atoms with Crippen molar-refractivity contribution in [1.82, 2.24) is 9.13 Å². The van der Waals surface area contributed by atoms with Gasteiger partial charge in [-0.05, 0) is 25.1 Å². The molecule has 3 heteroatoms. The second-order valence-corrected chi connectivity index (χ2v) is 5.36. The van der Waals surface area contributed by atoms with E-state index in [9.17, 15) is 4.79 Å². The van der Waals surface area contributed by atoms with Crippen LogP contribution in [0.15, 0.2) is 53.3 Å². The molecule has 0 saturated heterocycles. The minimum absolute atomic E-state index is 0.115. The molecular weight excluding hydrogens is 260 g/mol. The monoisotopic (exact) mass is 276 g/mol.